The van der Waals surface area contributed by atoms with E-state index >= 15 is 0 Å². The first-order valence-corrected chi connectivity index (χ1v) is 13.0. The molecular formula is C12H19BrMgSi. The number of halogens is 1. The van der Waals surface area contributed by atoms with E-state index in [4.69, 9.17) is 0 Å². The molecule has 0 aliphatic heterocycles. The fraction of sp³-hybridized carbons (Fsp3) is 0.500. The van der Waals surface area contributed by atoms with Crippen molar-refractivity contribution in [3.63, 3.8) is 0 Å². The molecule has 0 fully saturated rings. The molecule has 0 aliphatic carbocycles. The predicted octanol–water partition coefficient (Wildman–Crippen LogP) is 3.04. The lowest BCUT2D eigenvalue weighted by Crippen LogP contribution is -2.50. The Morgan fingerprint density at radius 3 is 2.27 bits per heavy atom. The summed E-state index contributed by atoms with van der Waals surface area (Å²) in [4.78, 5) is 0. The molecule has 0 radical (unpaired) electrons. The van der Waals surface area contributed by atoms with Gasteiger partial charge in [-0.3, -0.25) is 12.9 Å². The molecule has 15 heavy (non-hydrogen) atoms. The number of hydrogen-bond acceptors (Lipinski definition) is 0. The van der Waals surface area contributed by atoms with Crippen molar-refractivity contribution in [1.29, 1.82) is 0 Å². The predicted molar refractivity (Wildman–Crippen MR) is 77.6 cm³/mol. The molecule has 80 valence electrons. The molecule has 0 aromatic heterocycles. The van der Waals surface area contributed by atoms with Crippen molar-refractivity contribution in [2.45, 2.75) is 38.9 Å². The number of hydrogen-bond donors (Lipinski definition) is 0. The quantitative estimate of drug-likeness (QED) is 0.736. The maximum absolute atomic E-state index is 3.66. The summed E-state index contributed by atoms with van der Waals surface area (Å²) in [6.07, 6.45) is 0. The van der Waals surface area contributed by atoms with E-state index in [2.05, 4.69) is 71.0 Å². The largest absolute Gasteiger partial charge is 0.506 e. The molecule has 0 aliphatic rings. The average Bonchev–Trinajstić information content (AvgIpc) is 2.16. The molecule has 0 saturated heterocycles. The molecule has 0 unspecified atom stereocenters. The van der Waals surface area contributed by atoms with Crippen LogP contribution in [0.25, 0.3) is 0 Å². The third kappa shape index (κ3) is 3.08. The van der Waals surface area contributed by atoms with Gasteiger partial charge in [-0.15, -0.1) is 0 Å². The van der Waals surface area contributed by atoms with Crippen molar-refractivity contribution >= 4 is 48.0 Å². The van der Waals surface area contributed by atoms with Gasteiger partial charge in [0, 0.05) is 0 Å². The molecule has 0 heterocycles. The van der Waals surface area contributed by atoms with E-state index < -0.39 is 8.07 Å². The van der Waals surface area contributed by atoms with Crippen molar-refractivity contribution in [3.8, 4) is 0 Å². The van der Waals surface area contributed by atoms with E-state index in [0.717, 1.165) is 0 Å². The zero-order valence-corrected chi connectivity index (χ0v) is 14.4. The summed E-state index contributed by atoms with van der Waals surface area (Å²) in [5, 5.41) is 2.03. The van der Waals surface area contributed by atoms with Crippen molar-refractivity contribution in [2.24, 2.45) is 0 Å². The van der Waals surface area contributed by atoms with Gasteiger partial charge in [-0.1, -0.05) is 63.3 Å². The fourth-order valence-electron chi connectivity index (χ4n) is 1.48. The standard InChI is InChI=1S/C12H19Si.BrH.Mg/c1-12(2,3)13(4,5)11-9-7-6-8-10-11;;/h6-7,9-10H,1-5H3;1H;/q;;+1/p-1. The molecule has 0 nitrogen and oxygen atoms in total. The Balaban J connectivity index is 3.15. The number of rotatable bonds is 2. The Kier molecular flexibility index (Phi) is 4.49. The van der Waals surface area contributed by atoms with Gasteiger partial charge < -0.3 is 0 Å². The van der Waals surface area contributed by atoms with E-state index in [-0.39, 0.29) is 18.2 Å². The summed E-state index contributed by atoms with van der Waals surface area (Å²) in [6.45, 7) is 12.1. The van der Waals surface area contributed by atoms with Gasteiger partial charge in [0.15, 0.2) is 0 Å². The van der Waals surface area contributed by atoms with Gasteiger partial charge in [-0.2, -0.15) is 3.69 Å². The van der Waals surface area contributed by atoms with Crippen LogP contribution in [-0.2, 0) is 0 Å². The van der Waals surface area contributed by atoms with Crippen molar-refractivity contribution in [3.05, 3.63) is 24.3 Å². The highest BCUT2D eigenvalue weighted by Crippen LogP contribution is 2.35. The third-order valence-electron chi connectivity index (χ3n) is 3.68. The molecular weight excluding hydrogens is 276 g/mol. The Bertz CT molecular complexity index is 342. The summed E-state index contributed by atoms with van der Waals surface area (Å²) in [6, 6.07) is 9.22. The maximum Gasteiger partial charge on any atom is 0.506 e. The SMILES string of the molecule is CC(C)(C)[Si](C)(C)c1ccc[c]([Mg][Br])c1. The van der Waals surface area contributed by atoms with Crippen LogP contribution in [0.4, 0.5) is 0 Å². The van der Waals surface area contributed by atoms with Crippen LogP contribution in [0.5, 0.6) is 0 Å². The third-order valence-corrected chi connectivity index (χ3v) is 11.9. The molecule has 0 bridgehead atoms. The lowest BCUT2D eigenvalue weighted by molar-refractivity contribution is 0.729. The van der Waals surface area contributed by atoms with Crippen LogP contribution < -0.4 is 8.88 Å². The van der Waals surface area contributed by atoms with E-state index in [9.17, 15) is 0 Å². The summed E-state index contributed by atoms with van der Waals surface area (Å²) in [5.41, 5.74) is 0. The highest BCUT2D eigenvalue weighted by molar-refractivity contribution is 9.23. The van der Waals surface area contributed by atoms with Crippen LogP contribution in [-0.4, -0.2) is 26.3 Å². The monoisotopic (exact) mass is 294 g/mol. The highest BCUT2D eigenvalue weighted by Gasteiger charge is 2.36. The normalized spacial score (nSPS) is 12.4. The van der Waals surface area contributed by atoms with Gasteiger partial charge in [0.25, 0.3) is 0 Å². The lowest BCUT2D eigenvalue weighted by Gasteiger charge is -2.37. The Morgan fingerprint density at radius 2 is 1.80 bits per heavy atom. The van der Waals surface area contributed by atoms with E-state index in [1.807, 2.05) is 0 Å². The van der Waals surface area contributed by atoms with Crippen LogP contribution in [0.1, 0.15) is 20.8 Å². The molecule has 0 atom stereocenters. The van der Waals surface area contributed by atoms with E-state index in [0.29, 0.717) is 5.04 Å². The summed E-state index contributed by atoms with van der Waals surface area (Å²) >= 11 is 3.47. The second kappa shape index (κ2) is 4.90. The van der Waals surface area contributed by atoms with Gasteiger partial charge in [0.2, 0.25) is 0 Å². The van der Waals surface area contributed by atoms with Crippen LogP contribution in [0.3, 0.4) is 0 Å². The molecule has 1 aromatic rings. The minimum absolute atomic E-state index is 0.197. The zero-order valence-electron chi connectivity index (χ0n) is 10.4. The minimum Gasteiger partial charge on any atom is -0.296 e. The van der Waals surface area contributed by atoms with Crippen molar-refractivity contribution in [1.82, 2.24) is 0 Å². The molecule has 1 rings (SSSR count). The Hall–Kier alpha value is 0.683. The second-order valence-corrected chi connectivity index (χ2v) is 13.8. The van der Waals surface area contributed by atoms with Crippen LogP contribution in [0.15, 0.2) is 24.3 Å². The highest BCUT2D eigenvalue weighted by atomic mass is 79.9. The molecule has 0 spiro atoms. The first-order chi connectivity index (χ1) is 6.79. The molecule has 0 amide bonds. The zero-order chi connectivity index (χ0) is 11.7. The fourth-order valence-corrected chi connectivity index (χ4v) is 5.17. The number of benzene rings is 1. The molecule has 3 heteroatoms. The topological polar surface area (TPSA) is 0 Å². The second-order valence-electron chi connectivity index (χ2n) is 5.71. The Labute approximate surface area is 110 Å². The molecule has 1 aromatic carbocycles. The van der Waals surface area contributed by atoms with Gasteiger partial charge in [-0.05, 0) is 5.04 Å². The summed E-state index contributed by atoms with van der Waals surface area (Å²) in [7, 11) is -1.33. The van der Waals surface area contributed by atoms with Crippen molar-refractivity contribution < 1.29 is 0 Å². The van der Waals surface area contributed by atoms with Crippen LogP contribution in [0, 0.1) is 0 Å². The Morgan fingerprint density at radius 1 is 1.20 bits per heavy atom. The maximum atomic E-state index is 3.66. The first kappa shape index (κ1) is 13.7. The minimum atomic E-state index is -1.33. The van der Waals surface area contributed by atoms with Crippen LogP contribution in [0.2, 0.25) is 18.1 Å². The van der Waals surface area contributed by atoms with E-state index in [1.165, 1.54) is 3.69 Å². The summed E-state index contributed by atoms with van der Waals surface area (Å²) < 4.78 is 1.53. The first-order valence-electron chi connectivity index (χ1n) is 5.44. The van der Waals surface area contributed by atoms with Crippen LogP contribution >= 0.6 is 12.9 Å². The van der Waals surface area contributed by atoms with Crippen molar-refractivity contribution in [2.75, 3.05) is 0 Å². The van der Waals surface area contributed by atoms with Gasteiger partial charge in [0.1, 0.15) is 0 Å². The average molecular weight is 296 g/mol. The van der Waals surface area contributed by atoms with Gasteiger partial charge in [0.05, 0.1) is 8.07 Å². The summed E-state index contributed by atoms with van der Waals surface area (Å²) in [5.74, 6) is 0. The van der Waals surface area contributed by atoms with Gasteiger partial charge >= 0.3 is 18.2 Å². The molecule has 0 N–H and O–H groups in total. The molecule has 0 saturated carbocycles. The smallest absolute Gasteiger partial charge is 0.296 e. The lowest BCUT2D eigenvalue weighted by atomic mass is 10.2. The van der Waals surface area contributed by atoms with E-state index in [1.54, 1.807) is 5.19 Å². The van der Waals surface area contributed by atoms with Gasteiger partial charge in [-0.25, -0.2) is 0 Å².